The Kier molecular flexibility index (Phi) is 2.37. The van der Waals surface area contributed by atoms with E-state index in [9.17, 15) is 0 Å². The van der Waals surface area contributed by atoms with Crippen LogP contribution in [0.2, 0.25) is 0 Å². The largest absolute Gasteiger partial charge is 0.464 e. The molecule has 0 bridgehead atoms. The summed E-state index contributed by atoms with van der Waals surface area (Å²) in [4.78, 5) is 0. The molecule has 0 atom stereocenters. The van der Waals surface area contributed by atoms with Crippen LogP contribution in [0.3, 0.4) is 0 Å². The Morgan fingerprint density at radius 2 is 2.15 bits per heavy atom. The van der Waals surface area contributed by atoms with Gasteiger partial charge >= 0.3 is 0 Å². The SMILES string of the molecule is ClC/C=C/c1coc2ccccc12. The standard InChI is InChI=1S/C11H9ClO/c12-7-3-4-9-8-13-11-6-2-1-5-10(9)11/h1-6,8H,7H2/b4-3+. The normalized spacial score (nSPS) is 11.5. The molecule has 1 aromatic carbocycles. The molecule has 1 aromatic heterocycles. The minimum Gasteiger partial charge on any atom is -0.464 e. The third-order valence-electron chi connectivity index (χ3n) is 1.90. The highest BCUT2D eigenvalue weighted by molar-refractivity contribution is 6.19. The number of benzene rings is 1. The Morgan fingerprint density at radius 1 is 1.31 bits per heavy atom. The summed E-state index contributed by atoms with van der Waals surface area (Å²) in [6.07, 6.45) is 5.62. The molecule has 13 heavy (non-hydrogen) atoms. The van der Waals surface area contributed by atoms with E-state index >= 15 is 0 Å². The number of hydrogen-bond donors (Lipinski definition) is 0. The van der Waals surface area contributed by atoms with Crippen LogP contribution in [0.1, 0.15) is 5.56 Å². The second-order valence-corrected chi connectivity index (χ2v) is 3.05. The van der Waals surface area contributed by atoms with Crippen LogP contribution in [0.15, 0.2) is 41.0 Å². The van der Waals surface area contributed by atoms with E-state index in [2.05, 4.69) is 0 Å². The molecular formula is C11H9ClO. The Bertz CT molecular complexity index is 428. The maximum Gasteiger partial charge on any atom is 0.134 e. The molecule has 0 unspecified atom stereocenters. The van der Waals surface area contributed by atoms with Gasteiger partial charge in [0.15, 0.2) is 0 Å². The van der Waals surface area contributed by atoms with E-state index in [0.29, 0.717) is 5.88 Å². The van der Waals surface area contributed by atoms with E-state index in [4.69, 9.17) is 16.0 Å². The predicted molar refractivity (Wildman–Crippen MR) is 56.0 cm³/mol. The van der Waals surface area contributed by atoms with Gasteiger partial charge in [-0.2, -0.15) is 0 Å². The number of alkyl halides is 1. The zero-order valence-electron chi connectivity index (χ0n) is 7.03. The fourth-order valence-corrected chi connectivity index (χ4v) is 1.39. The van der Waals surface area contributed by atoms with Crippen LogP contribution in [-0.2, 0) is 0 Å². The lowest BCUT2D eigenvalue weighted by Crippen LogP contribution is -1.67. The van der Waals surface area contributed by atoms with Gasteiger partial charge in [0.1, 0.15) is 5.58 Å². The fourth-order valence-electron chi connectivity index (χ4n) is 1.30. The Hall–Kier alpha value is -1.21. The van der Waals surface area contributed by atoms with Crippen molar-refractivity contribution in [1.29, 1.82) is 0 Å². The summed E-state index contributed by atoms with van der Waals surface area (Å²) >= 11 is 5.55. The summed E-state index contributed by atoms with van der Waals surface area (Å²) in [5.74, 6) is 0.527. The quantitative estimate of drug-likeness (QED) is 0.662. The molecule has 0 aliphatic rings. The molecule has 2 aromatic rings. The van der Waals surface area contributed by atoms with Gasteiger partial charge in [0.2, 0.25) is 0 Å². The molecule has 2 heteroatoms. The Morgan fingerprint density at radius 3 is 3.00 bits per heavy atom. The third-order valence-corrected chi connectivity index (χ3v) is 2.08. The molecule has 66 valence electrons. The van der Waals surface area contributed by atoms with Gasteiger partial charge < -0.3 is 4.42 Å². The predicted octanol–water partition coefficient (Wildman–Crippen LogP) is 3.68. The van der Waals surface area contributed by atoms with Crippen LogP contribution in [-0.4, -0.2) is 5.88 Å². The van der Waals surface area contributed by atoms with Gasteiger partial charge in [-0.25, -0.2) is 0 Å². The fraction of sp³-hybridized carbons (Fsp3) is 0.0909. The molecule has 0 aliphatic carbocycles. The van der Waals surface area contributed by atoms with Gasteiger partial charge in [0.05, 0.1) is 6.26 Å². The van der Waals surface area contributed by atoms with Crippen molar-refractivity contribution in [1.82, 2.24) is 0 Å². The van der Waals surface area contributed by atoms with E-state index in [1.54, 1.807) is 6.26 Å². The summed E-state index contributed by atoms with van der Waals surface area (Å²) < 4.78 is 5.35. The molecule has 0 N–H and O–H groups in total. The minimum absolute atomic E-state index is 0.527. The first-order valence-corrected chi connectivity index (χ1v) is 4.64. The summed E-state index contributed by atoms with van der Waals surface area (Å²) in [7, 11) is 0. The summed E-state index contributed by atoms with van der Waals surface area (Å²) in [6.45, 7) is 0. The van der Waals surface area contributed by atoms with Crippen molar-refractivity contribution in [2.75, 3.05) is 5.88 Å². The van der Waals surface area contributed by atoms with Crippen molar-refractivity contribution in [2.45, 2.75) is 0 Å². The molecule has 0 saturated carbocycles. The smallest absolute Gasteiger partial charge is 0.134 e. The number of allylic oxidation sites excluding steroid dienone is 1. The van der Waals surface area contributed by atoms with E-state index in [0.717, 1.165) is 16.5 Å². The number of para-hydroxylation sites is 1. The maximum absolute atomic E-state index is 5.55. The summed E-state index contributed by atoms with van der Waals surface area (Å²) in [5, 5.41) is 1.13. The zero-order valence-corrected chi connectivity index (χ0v) is 7.79. The van der Waals surface area contributed by atoms with Crippen molar-refractivity contribution in [3.8, 4) is 0 Å². The summed E-state index contributed by atoms with van der Waals surface area (Å²) in [5.41, 5.74) is 1.99. The molecule has 0 spiro atoms. The van der Waals surface area contributed by atoms with Crippen LogP contribution in [0.4, 0.5) is 0 Å². The van der Waals surface area contributed by atoms with Crippen LogP contribution >= 0.6 is 11.6 Å². The molecule has 0 amide bonds. The molecule has 2 rings (SSSR count). The van der Waals surface area contributed by atoms with E-state index in [1.165, 1.54) is 0 Å². The number of halogens is 1. The molecule has 0 aliphatic heterocycles. The lowest BCUT2D eigenvalue weighted by Gasteiger charge is -1.87. The number of hydrogen-bond acceptors (Lipinski definition) is 1. The minimum atomic E-state index is 0.527. The van der Waals surface area contributed by atoms with Gasteiger partial charge in [-0.15, -0.1) is 11.6 Å². The first kappa shape index (κ1) is 8.39. The molecular weight excluding hydrogens is 184 g/mol. The van der Waals surface area contributed by atoms with Gasteiger partial charge in [-0.05, 0) is 6.07 Å². The third kappa shape index (κ3) is 1.61. The Balaban J connectivity index is 2.52. The van der Waals surface area contributed by atoms with Crippen molar-refractivity contribution >= 4 is 28.6 Å². The second kappa shape index (κ2) is 3.67. The van der Waals surface area contributed by atoms with Gasteiger partial charge in [-0.3, -0.25) is 0 Å². The average molecular weight is 193 g/mol. The van der Waals surface area contributed by atoms with Gasteiger partial charge in [-0.1, -0.05) is 30.4 Å². The van der Waals surface area contributed by atoms with Crippen molar-refractivity contribution in [3.63, 3.8) is 0 Å². The van der Waals surface area contributed by atoms with Crippen LogP contribution in [0.25, 0.3) is 17.0 Å². The molecule has 1 heterocycles. The van der Waals surface area contributed by atoms with Crippen molar-refractivity contribution in [2.24, 2.45) is 0 Å². The molecule has 0 fully saturated rings. The highest BCUT2D eigenvalue weighted by atomic mass is 35.5. The molecule has 0 saturated heterocycles. The van der Waals surface area contributed by atoms with Crippen molar-refractivity contribution in [3.05, 3.63) is 42.2 Å². The van der Waals surface area contributed by atoms with E-state index < -0.39 is 0 Å². The lowest BCUT2D eigenvalue weighted by molar-refractivity contribution is 0.615. The van der Waals surface area contributed by atoms with Crippen LogP contribution in [0.5, 0.6) is 0 Å². The number of rotatable bonds is 2. The van der Waals surface area contributed by atoms with Gasteiger partial charge in [0, 0.05) is 16.8 Å². The lowest BCUT2D eigenvalue weighted by atomic mass is 10.2. The van der Waals surface area contributed by atoms with Crippen LogP contribution in [0, 0.1) is 0 Å². The first-order chi connectivity index (χ1) is 6.42. The second-order valence-electron chi connectivity index (χ2n) is 2.74. The molecule has 1 nitrogen and oxygen atoms in total. The van der Waals surface area contributed by atoms with Crippen LogP contribution < -0.4 is 0 Å². The first-order valence-electron chi connectivity index (χ1n) is 4.10. The maximum atomic E-state index is 5.55. The highest BCUT2D eigenvalue weighted by Crippen LogP contribution is 2.21. The zero-order chi connectivity index (χ0) is 9.10. The van der Waals surface area contributed by atoms with Gasteiger partial charge in [0.25, 0.3) is 0 Å². The average Bonchev–Trinajstić information content (AvgIpc) is 2.58. The van der Waals surface area contributed by atoms with E-state index in [1.807, 2.05) is 36.4 Å². The topological polar surface area (TPSA) is 13.1 Å². The number of fused-ring (bicyclic) bond motifs is 1. The van der Waals surface area contributed by atoms with Crippen molar-refractivity contribution < 1.29 is 4.42 Å². The summed E-state index contributed by atoms with van der Waals surface area (Å²) in [6, 6.07) is 7.94. The van der Waals surface area contributed by atoms with E-state index in [-0.39, 0.29) is 0 Å². The number of furan rings is 1. The monoisotopic (exact) mass is 192 g/mol. The highest BCUT2D eigenvalue weighted by Gasteiger charge is 1.99. The Labute approximate surface area is 81.6 Å². The molecule has 0 radical (unpaired) electrons.